The molecule has 0 spiro atoms. The predicted octanol–water partition coefficient (Wildman–Crippen LogP) is 5.02. The van der Waals surface area contributed by atoms with Crippen LogP contribution in [0.2, 0.25) is 0 Å². The van der Waals surface area contributed by atoms with E-state index in [0.717, 1.165) is 12.4 Å². The van der Waals surface area contributed by atoms with Gasteiger partial charge in [-0.25, -0.2) is 4.98 Å². The topological polar surface area (TPSA) is 29.9 Å². The lowest BCUT2D eigenvalue weighted by Crippen LogP contribution is -2.36. The molecule has 2 rings (SSSR count). The summed E-state index contributed by atoms with van der Waals surface area (Å²) in [4.78, 5) is 4.56. The maximum absolute atomic E-state index is 4.56. The minimum absolute atomic E-state index is 0.0655. The van der Waals surface area contributed by atoms with Gasteiger partial charge in [0.15, 0.2) is 0 Å². The quantitative estimate of drug-likeness (QED) is 0.838. The van der Waals surface area contributed by atoms with Crippen molar-refractivity contribution in [2.45, 2.75) is 84.7 Å². The van der Waals surface area contributed by atoms with Crippen LogP contribution in [0.3, 0.4) is 0 Å². The van der Waals surface area contributed by atoms with Crippen LogP contribution in [0, 0.1) is 5.41 Å². The van der Waals surface area contributed by atoms with Crippen LogP contribution in [0.1, 0.15) is 79.2 Å². The van der Waals surface area contributed by atoms with Crippen molar-refractivity contribution in [1.29, 1.82) is 0 Å². The molecule has 0 aliphatic heterocycles. The minimum Gasteiger partial charge on any atom is -0.351 e. The van der Waals surface area contributed by atoms with Gasteiger partial charge in [0.2, 0.25) is 5.95 Å². The van der Waals surface area contributed by atoms with Gasteiger partial charge in [0.05, 0.1) is 0 Å². The van der Waals surface area contributed by atoms with Crippen LogP contribution in [0.4, 0.5) is 5.95 Å². The highest BCUT2D eigenvalue weighted by Gasteiger charge is 2.27. The summed E-state index contributed by atoms with van der Waals surface area (Å²) < 4.78 is 2.36. The Kier molecular flexibility index (Phi) is 4.46. The van der Waals surface area contributed by atoms with E-state index in [-0.39, 0.29) is 5.54 Å². The molecule has 1 aromatic rings. The lowest BCUT2D eigenvalue weighted by atomic mass is 9.82. The largest absolute Gasteiger partial charge is 0.351 e. The predicted molar refractivity (Wildman–Crippen MR) is 86.1 cm³/mol. The first kappa shape index (κ1) is 15.4. The fourth-order valence-corrected chi connectivity index (χ4v) is 3.74. The van der Waals surface area contributed by atoms with Gasteiger partial charge in [-0.1, -0.05) is 40.0 Å². The van der Waals surface area contributed by atoms with Gasteiger partial charge in [0, 0.05) is 24.0 Å². The molecule has 1 saturated carbocycles. The molecular formula is C17H31N3. The van der Waals surface area contributed by atoms with Gasteiger partial charge in [-0.3, -0.25) is 0 Å². The van der Waals surface area contributed by atoms with Crippen LogP contribution in [-0.4, -0.2) is 15.1 Å². The van der Waals surface area contributed by atoms with E-state index in [1.165, 1.54) is 32.1 Å². The molecule has 1 fully saturated rings. The number of nitrogens with one attached hydrogen (secondary N) is 1. The summed E-state index contributed by atoms with van der Waals surface area (Å²) in [6, 6.07) is 0.638. The van der Waals surface area contributed by atoms with E-state index in [1.54, 1.807) is 0 Å². The van der Waals surface area contributed by atoms with Gasteiger partial charge in [-0.05, 0) is 38.5 Å². The number of rotatable bonds is 4. The second kappa shape index (κ2) is 5.79. The van der Waals surface area contributed by atoms with Gasteiger partial charge in [0.1, 0.15) is 0 Å². The second-order valence-corrected chi connectivity index (χ2v) is 8.20. The van der Waals surface area contributed by atoms with Gasteiger partial charge in [-0.2, -0.15) is 0 Å². The van der Waals surface area contributed by atoms with Gasteiger partial charge in [-0.15, -0.1) is 0 Å². The van der Waals surface area contributed by atoms with Gasteiger partial charge >= 0.3 is 0 Å². The van der Waals surface area contributed by atoms with Crippen LogP contribution in [0.15, 0.2) is 12.4 Å². The maximum Gasteiger partial charge on any atom is 0.203 e. The molecule has 0 unspecified atom stereocenters. The Morgan fingerprint density at radius 1 is 1.15 bits per heavy atom. The molecule has 0 amide bonds. The van der Waals surface area contributed by atoms with Crippen LogP contribution >= 0.6 is 0 Å². The molecule has 1 aliphatic rings. The summed E-state index contributed by atoms with van der Waals surface area (Å²) in [7, 11) is 0. The van der Waals surface area contributed by atoms with E-state index in [4.69, 9.17) is 0 Å². The molecule has 3 heteroatoms. The van der Waals surface area contributed by atoms with E-state index >= 15 is 0 Å². The van der Waals surface area contributed by atoms with E-state index in [0.29, 0.717) is 11.5 Å². The lowest BCUT2D eigenvalue weighted by molar-refractivity contribution is 0.298. The number of aromatic nitrogens is 2. The molecule has 114 valence electrons. The van der Waals surface area contributed by atoms with Gasteiger partial charge in [0.25, 0.3) is 0 Å². The molecule has 3 nitrogen and oxygen atoms in total. The zero-order chi connectivity index (χ0) is 14.8. The molecule has 0 aromatic carbocycles. The molecule has 0 bridgehead atoms. The fourth-order valence-electron chi connectivity index (χ4n) is 3.74. The van der Waals surface area contributed by atoms with Crippen LogP contribution in [-0.2, 0) is 0 Å². The number of nitrogens with zero attached hydrogens (tertiary/aromatic N) is 2. The molecule has 1 heterocycles. The van der Waals surface area contributed by atoms with Crippen molar-refractivity contribution >= 4 is 5.95 Å². The van der Waals surface area contributed by atoms with Crippen LogP contribution in [0.25, 0.3) is 0 Å². The monoisotopic (exact) mass is 277 g/mol. The summed E-state index contributed by atoms with van der Waals surface area (Å²) >= 11 is 0. The smallest absolute Gasteiger partial charge is 0.203 e. The fraction of sp³-hybridized carbons (Fsp3) is 0.824. The van der Waals surface area contributed by atoms with E-state index in [2.05, 4.69) is 55.7 Å². The maximum atomic E-state index is 4.56. The molecule has 0 saturated heterocycles. The van der Waals surface area contributed by atoms with Crippen LogP contribution in [0.5, 0.6) is 0 Å². The Balaban J connectivity index is 2.08. The van der Waals surface area contributed by atoms with E-state index < -0.39 is 0 Å². The number of imidazole rings is 1. The van der Waals surface area contributed by atoms with Crippen molar-refractivity contribution in [1.82, 2.24) is 9.55 Å². The molecule has 1 N–H and O–H groups in total. The van der Waals surface area contributed by atoms with E-state index in [9.17, 15) is 0 Å². The average molecular weight is 277 g/mol. The highest BCUT2D eigenvalue weighted by Crippen LogP contribution is 2.33. The molecular weight excluding hydrogens is 246 g/mol. The Morgan fingerprint density at radius 2 is 1.80 bits per heavy atom. The number of anilines is 1. The van der Waals surface area contributed by atoms with Gasteiger partial charge < -0.3 is 9.88 Å². The molecule has 1 aliphatic carbocycles. The molecule has 0 radical (unpaired) electrons. The van der Waals surface area contributed by atoms with Crippen molar-refractivity contribution in [2.24, 2.45) is 5.41 Å². The summed E-state index contributed by atoms with van der Waals surface area (Å²) in [5, 5.41) is 3.67. The first-order chi connectivity index (χ1) is 9.27. The second-order valence-electron chi connectivity index (χ2n) is 8.20. The summed E-state index contributed by atoms with van der Waals surface area (Å²) in [6.07, 6.45) is 11.9. The minimum atomic E-state index is 0.0655. The SMILES string of the molecule is CC(C)(C)CC(C)(C)Nc1nccn1C1CCCCC1. The Labute approximate surface area is 124 Å². The Bertz CT molecular complexity index is 420. The Morgan fingerprint density at radius 3 is 2.40 bits per heavy atom. The lowest BCUT2D eigenvalue weighted by Gasteiger charge is -2.35. The highest BCUT2D eigenvalue weighted by atomic mass is 15.2. The van der Waals surface area contributed by atoms with Crippen LogP contribution < -0.4 is 5.32 Å². The third kappa shape index (κ3) is 4.26. The molecule has 20 heavy (non-hydrogen) atoms. The normalized spacial score (nSPS) is 18.2. The van der Waals surface area contributed by atoms with Crippen molar-refractivity contribution in [3.05, 3.63) is 12.4 Å². The zero-order valence-corrected chi connectivity index (χ0v) is 13.9. The summed E-state index contributed by atoms with van der Waals surface area (Å²) in [6.45, 7) is 11.4. The van der Waals surface area contributed by atoms with Crippen molar-refractivity contribution in [3.8, 4) is 0 Å². The number of hydrogen-bond donors (Lipinski definition) is 1. The summed E-state index contributed by atoms with van der Waals surface area (Å²) in [5.74, 6) is 1.05. The Hall–Kier alpha value is -0.990. The standard InChI is InChI=1S/C17H31N3/c1-16(2,3)13-17(4,5)19-15-18-11-12-20(15)14-9-7-6-8-10-14/h11-12,14H,6-10,13H2,1-5H3,(H,18,19). The van der Waals surface area contributed by atoms with Crippen molar-refractivity contribution in [3.63, 3.8) is 0 Å². The first-order valence-corrected chi connectivity index (χ1v) is 8.08. The van der Waals surface area contributed by atoms with Crippen molar-refractivity contribution < 1.29 is 0 Å². The molecule has 0 atom stereocenters. The van der Waals surface area contributed by atoms with E-state index in [1.807, 2.05) is 6.20 Å². The number of hydrogen-bond acceptors (Lipinski definition) is 2. The third-order valence-corrected chi connectivity index (χ3v) is 4.06. The molecule has 1 aromatic heterocycles. The zero-order valence-electron chi connectivity index (χ0n) is 13.9. The van der Waals surface area contributed by atoms with Crippen molar-refractivity contribution in [2.75, 3.05) is 5.32 Å². The summed E-state index contributed by atoms with van der Waals surface area (Å²) in [5.41, 5.74) is 0.384. The first-order valence-electron chi connectivity index (χ1n) is 8.08. The highest BCUT2D eigenvalue weighted by molar-refractivity contribution is 5.31. The third-order valence-electron chi connectivity index (χ3n) is 4.06. The average Bonchev–Trinajstić information content (AvgIpc) is 2.74.